The molecule has 1 heterocycles. The summed E-state index contributed by atoms with van der Waals surface area (Å²) in [4.78, 5) is 2.55. The van der Waals surface area contributed by atoms with Gasteiger partial charge in [-0.1, -0.05) is 13.3 Å². The fraction of sp³-hybridized carbons (Fsp3) is 1.00. The molecule has 0 aliphatic carbocycles. The maximum absolute atomic E-state index is 3.67. The summed E-state index contributed by atoms with van der Waals surface area (Å²) in [7, 11) is 0. The molecule has 1 fully saturated rings. The van der Waals surface area contributed by atoms with Crippen LogP contribution in [0.3, 0.4) is 0 Å². The van der Waals surface area contributed by atoms with Gasteiger partial charge in [0.2, 0.25) is 0 Å². The lowest BCUT2D eigenvalue weighted by Gasteiger charge is -2.40. The van der Waals surface area contributed by atoms with E-state index in [0.717, 1.165) is 6.54 Å². The molecule has 1 atom stereocenters. The van der Waals surface area contributed by atoms with Gasteiger partial charge in [-0.25, -0.2) is 0 Å². The summed E-state index contributed by atoms with van der Waals surface area (Å²) in [5.74, 6) is 0. The first-order valence-corrected chi connectivity index (χ1v) is 6.06. The van der Waals surface area contributed by atoms with Crippen molar-refractivity contribution in [1.29, 1.82) is 0 Å². The second-order valence-electron chi connectivity index (χ2n) is 5.10. The number of piperidine rings is 1. The molecule has 1 saturated heterocycles. The van der Waals surface area contributed by atoms with Crippen molar-refractivity contribution in [2.75, 3.05) is 19.6 Å². The van der Waals surface area contributed by atoms with Crippen LogP contribution >= 0.6 is 0 Å². The van der Waals surface area contributed by atoms with Gasteiger partial charge >= 0.3 is 0 Å². The summed E-state index contributed by atoms with van der Waals surface area (Å²) in [5, 5.41) is 3.67. The molecule has 0 amide bonds. The number of nitrogens with one attached hydrogen (secondary N) is 1. The molecule has 1 aliphatic heterocycles. The van der Waals surface area contributed by atoms with Gasteiger partial charge < -0.3 is 5.32 Å². The van der Waals surface area contributed by atoms with Crippen molar-refractivity contribution in [2.45, 2.75) is 58.5 Å². The van der Waals surface area contributed by atoms with E-state index in [2.05, 4.69) is 37.9 Å². The van der Waals surface area contributed by atoms with Crippen LogP contribution < -0.4 is 5.32 Å². The smallest absolute Gasteiger partial charge is 0.0280 e. The second-order valence-corrected chi connectivity index (χ2v) is 5.10. The Morgan fingerprint density at radius 1 is 1.36 bits per heavy atom. The van der Waals surface area contributed by atoms with Crippen LogP contribution in [0.2, 0.25) is 0 Å². The predicted molar refractivity (Wildman–Crippen MR) is 62.6 cm³/mol. The average molecular weight is 198 g/mol. The standard InChI is InChI=1S/C12H26N2/c1-5-14(11(2)3)10-12(4)8-6-7-9-13-12/h11,13H,5-10H2,1-4H3. The van der Waals surface area contributed by atoms with Crippen molar-refractivity contribution >= 4 is 0 Å². The highest BCUT2D eigenvalue weighted by atomic mass is 15.2. The summed E-state index contributed by atoms with van der Waals surface area (Å²) in [5.41, 5.74) is 0.360. The minimum Gasteiger partial charge on any atom is -0.310 e. The number of hydrogen-bond acceptors (Lipinski definition) is 2. The van der Waals surface area contributed by atoms with E-state index in [0.29, 0.717) is 11.6 Å². The molecule has 14 heavy (non-hydrogen) atoms. The van der Waals surface area contributed by atoms with Gasteiger partial charge in [0.1, 0.15) is 0 Å². The lowest BCUT2D eigenvalue weighted by molar-refractivity contribution is 0.142. The van der Waals surface area contributed by atoms with Gasteiger partial charge in [-0.05, 0) is 46.7 Å². The van der Waals surface area contributed by atoms with Crippen molar-refractivity contribution < 1.29 is 0 Å². The SMILES string of the molecule is CCN(CC1(C)CCCCN1)C(C)C. The molecular formula is C12H26N2. The van der Waals surface area contributed by atoms with Gasteiger partial charge in [0.05, 0.1) is 0 Å². The molecule has 2 heteroatoms. The molecule has 1 unspecified atom stereocenters. The van der Waals surface area contributed by atoms with Crippen LogP contribution in [0, 0.1) is 0 Å². The molecule has 84 valence electrons. The summed E-state index contributed by atoms with van der Waals surface area (Å²) in [6, 6.07) is 0.667. The molecule has 1 rings (SSSR count). The van der Waals surface area contributed by atoms with Crippen LogP contribution in [0.1, 0.15) is 47.0 Å². The Balaban J connectivity index is 2.46. The minimum atomic E-state index is 0.360. The van der Waals surface area contributed by atoms with E-state index in [1.807, 2.05) is 0 Å². The normalized spacial score (nSPS) is 28.7. The quantitative estimate of drug-likeness (QED) is 0.745. The Bertz CT molecular complexity index is 160. The van der Waals surface area contributed by atoms with E-state index >= 15 is 0 Å². The first-order chi connectivity index (χ1) is 6.57. The fourth-order valence-corrected chi connectivity index (χ4v) is 2.36. The van der Waals surface area contributed by atoms with Crippen LogP contribution in [0.25, 0.3) is 0 Å². The lowest BCUT2D eigenvalue weighted by atomic mass is 9.90. The molecule has 2 nitrogen and oxygen atoms in total. The molecular weight excluding hydrogens is 172 g/mol. The Morgan fingerprint density at radius 3 is 2.50 bits per heavy atom. The molecule has 0 radical (unpaired) electrons. The zero-order valence-electron chi connectivity index (χ0n) is 10.3. The van der Waals surface area contributed by atoms with Crippen LogP contribution in [-0.2, 0) is 0 Å². The summed E-state index contributed by atoms with van der Waals surface area (Å²) >= 11 is 0. The highest BCUT2D eigenvalue weighted by molar-refractivity contribution is 4.89. The Labute approximate surface area is 89.1 Å². The van der Waals surface area contributed by atoms with E-state index in [1.54, 1.807) is 0 Å². The average Bonchev–Trinajstić information content (AvgIpc) is 2.15. The second kappa shape index (κ2) is 5.13. The maximum atomic E-state index is 3.67. The molecule has 0 spiro atoms. The topological polar surface area (TPSA) is 15.3 Å². The molecule has 0 aromatic carbocycles. The van der Waals surface area contributed by atoms with E-state index in [9.17, 15) is 0 Å². The van der Waals surface area contributed by atoms with Gasteiger partial charge in [-0.3, -0.25) is 4.90 Å². The maximum Gasteiger partial charge on any atom is 0.0280 e. The highest BCUT2D eigenvalue weighted by Crippen LogP contribution is 2.20. The molecule has 0 saturated carbocycles. The van der Waals surface area contributed by atoms with Crippen molar-refractivity contribution in [3.8, 4) is 0 Å². The fourth-order valence-electron chi connectivity index (χ4n) is 2.36. The van der Waals surface area contributed by atoms with Crippen molar-refractivity contribution in [1.82, 2.24) is 10.2 Å². The van der Waals surface area contributed by atoms with Gasteiger partial charge in [0.25, 0.3) is 0 Å². The number of likely N-dealkylation sites (N-methyl/N-ethyl adjacent to an activating group) is 1. The van der Waals surface area contributed by atoms with E-state index in [4.69, 9.17) is 0 Å². The van der Waals surface area contributed by atoms with Gasteiger partial charge in [-0.15, -0.1) is 0 Å². The summed E-state index contributed by atoms with van der Waals surface area (Å²) in [6.07, 6.45) is 4.07. The monoisotopic (exact) mass is 198 g/mol. The highest BCUT2D eigenvalue weighted by Gasteiger charge is 2.28. The molecule has 1 N–H and O–H groups in total. The molecule has 0 aromatic rings. The Kier molecular flexibility index (Phi) is 4.39. The lowest BCUT2D eigenvalue weighted by Crippen LogP contribution is -2.54. The first kappa shape index (κ1) is 12.0. The largest absolute Gasteiger partial charge is 0.310 e. The molecule has 1 aliphatic rings. The van der Waals surface area contributed by atoms with Gasteiger partial charge in [-0.2, -0.15) is 0 Å². The van der Waals surface area contributed by atoms with Crippen LogP contribution in [0.4, 0.5) is 0 Å². The van der Waals surface area contributed by atoms with E-state index < -0.39 is 0 Å². The van der Waals surface area contributed by atoms with Crippen molar-refractivity contribution in [2.24, 2.45) is 0 Å². The van der Waals surface area contributed by atoms with Crippen LogP contribution in [0.15, 0.2) is 0 Å². The third kappa shape index (κ3) is 3.25. The van der Waals surface area contributed by atoms with E-state index in [-0.39, 0.29) is 0 Å². The third-order valence-electron chi connectivity index (χ3n) is 3.40. The Morgan fingerprint density at radius 2 is 2.07 bits per heavy atom. The zero-order chi connectivity index (χ0) is 10.6. The minimum absolute atomic E-state index is 0.360. The van der Waals surface area contributed by atoms with Gasteiger partial charge in [0, 0.05) is 18.1 Å². The first-order valence-electron chi connectivity index (χ1n) is 6.06. The van der Waals surface area contributed by atoms with E-state index in [1.165, 1.54) is 32.4 Å². The van der Waals surface area contributed by atoms with Crippen LogP contribution in [-0.4, -0.2) is 36.1 Å². The Hall–Kier alpha value is -0.0800. The molecule has 0 aromatic heterocycles. The van der Waals surface area contributed by atoms with Gasteiger partial charge in [0.15, 0.2) is 0 Å². The number of rotatable bonds is 4. The summed E-state index contributed by atoms with van der Waals surface area (Å²) in [6.45, 7) is 12.8. The predicted octanol–water partition coefficient (Wildman–Crippen LogP) is 2.25. The number of nitrogens with zero attached hydrogens (tertiary/aromatic N) is 1. The van der Waals surface area contributed by atoms with Crippen molar-refractivity contribution in [3.63, 3.8) is 0 Å². The summed E-state index contributed by atoms with van der Waals surface area (Å²) < 4.78 is 0. The number of hydrogen-bond donors (Lipinski definition) is 1. The molecule has 0 bridgehead atoms. The zero-order valence-corrected chi connectivity index (χ0v) is 10.3. The van der Waals surface area contributed by atoms with Crippen LogP contribution in [0.5, 0.6) is 0 Å². The van der Waals surface area contributed by atoms with Crippen molar-refractivity contribution in [3.05, 3.63) is 0 Å². The third-order valence-corrected chi connectivity index (χ3v) is 3.40.